The Bertz CT molecular complexity index is 2110. The van der Waals surface area contributed by atoms with E-state index in [0.29, 0.717) is 56.5 Å². The molecule has 276 valence electrons. The third-order valence-electron chi connectivity index (χ3n) is 12.1. The molecule has 7 atom stereocenters. The fourth-order valence-electron chi connectivity index (χ4n) is 9.29. The third kappa shape index (κ3) is 6.62. The lowest BCUT2D eigenvalue weighted by molar-refractivity contribution is -0.139. The highest BCUT2D eigenvalue weighted by Crippen LogP contribution is 2.44. The number of halogens is 1. The van der Waals surface area contributed by atoms with Gasteiger partial charge in [-0.25, -0.2) is 0 Å². The standard InChI is InChI=1S/C41H45IN6O5/c1-3-25-23-46-19-15-26(25)20-34(46)35(29-14-16-43-31-13-12-28(53-2)21-30(29)31)45-36-37(39(50)38(36)49)47-17-5-7-33(47)41(52)48-18-4-6-32(48)40(51)44-22-24-8-10-27(42)11-9-24/h3,8-14,16,21,25-26,32-35,45H,1,4-7,15,17-20,22-23H2,2H3,(H,44,51)/t25-,26-,32-,33-,34-,35-/m0/s1. The van der Waals surface area contributed by atoms with E-state index < -0.39 is 22.9 Å². The Morgan fingerprint density at radius 3 is 2.57 bits per heavy atom. The maximum atomic E-state index is 14.3. The summed E-state index contributed by atoms with van der Waals surface area (Å²) in [6, 6.07) is 14.3. The lowest BCUT2D eigenvalue weighted by atomic mass is 9.73. The number of benzene rings is 2. The highest BCUT2D eigenvalue weighted by Gasteiger charge is 2.46. The molecule has 5 aliphatic rings. The lowest BCUT2D eigenvalue weighted by Crippen LogP contribution is -2.57. The van der Waals surface area contributed by atoms with Crippen molar-refractivity contribution >= 4 is 56.7 Å². The van der Waals surface area contributed by atoms with Crippen molar-refractivity contribution in [2.24, 2.45) is 11.8 Å². The summed E-state index contributed by atoms with van der Waals surface area (Å²) in [4.78, 5) is 65.5. The predicted molar refractivity (Wildman–Crippen MR) is 214 cm³/mol. The number of carbonyl (C=O) groups is 2. The Kier molecular flexibility index (Phi) is 10.0. The summed E-state index contributed by atoms with van der Waals surface area (Å²) in [5.74, 6) is 1.26. The van der Waals surface area contributed by atoms with Crippen LogP contribution in [0.4, 0.5) is 11.4 Å². The molecule has 5 aliphatic heterocycles. The van der Waals surface area contributed by atoms with E-state index in [0.717, 1.165) is 58.0 Å². The largest absolute Gasteiger partial charge is 0.497 e. The first kappa shape index (κ1) is 35.7. The summed E-state index contributed by atoms with van der Waals surface area (Å²) in [6.45, 7) is 7.29. The van der Waals surface area contributed by atoms with Gasteiger partial charge in [-0.15, -0.1) is 6.58 Å². The van der Waals surface area contributed by atoms with Crippen molar-refractivity contribution in [2.45, 2.75) is 69.2 Å². The van der Waals surface area contributed by atoms with Crippen molar-refractivity contribution in [1.29, 1.82) is 0 Å². The smallest absolute Gasteiger partial charge is 0.253 e. The summed E-state index contributed by atoms with van der Waals surface area (Å²) in [7, 11) is 1.64. The molecule has 0 spiro atoms. The summed E-state index contributed by atoms with van der Waals surface area (Å²) in [5, 5.41) is 7.58. The van der Waals surface area contributed by atoms with Crippen LogP contribution in [0.2, 0.25) is 0 Å². The number of fused-ring (bicyclic) bond motifs is 4. The van der Waals surface area contributed by atoms with Crippen LogP contribution >= 0.6 is 22.6 Å². The van der Waals surface area contributed by atoms with Crippen LogP contribution in [0.3, 0.4) is 0 Å². The van der Waals surface area contributed by atoms with Gasteiger partial charge in [0.2, 0.25) is 11.8 Å². The molecule has 2 amide bonds. The first-order valence-electron chi connectivity index (χ1n) is 18.7. The van der Waals surface area contributed by atoms with E-state index in [1.165, 1.54) is 0 Å². The average Bonchev–Trinajstić information content (AvgIpc) is 3.89. The molecule has 0 radical (unpaired) electrons. The highest BCUT2D eigenvalue weighted by atomic mass is 127. The molecule has 5 fully saturated rings. The van der Waals surface area contributed by atoms with Crippen molar-refractivity contribution in [3.05, 3.63) is 103 Å². The summed E-state index contributed by atoms with van der Waals surface area (Å²) in [5.41, 5.74) is 2.20. The molecule has 6 heterocycles. The van der Waals surface area contributed by atoms with Crippen LogP contribution in [0.15, 0.2) is 77.0 Å². The molecule has 3 aromatic carbocycles. The van der Waals surface area contributed by atoms with Gasteiger partial charge in [0, 0.05) is 47.4 Å². The molecule has 1 unspecified atom stereocenters. The number of hydrogen-bond acceptors (Lipinski definition) is 9. The molecule has 12 heteroatoms. The van der Waals surface area contributed by atoms with Crippen molar-refractivity contribution in [2.75, 3.05) is 43.5 Å². The Morgan fingerprint density at radius 1 is 1.02 bits per heavy atom. The number of ether oxygens (including phenoxy) is 1. The Balaban J connectivity index is 1.08. The van der Waals surface area contributed by atoms with Gasteiger partial charge in [0.1, 0.15) is 29.2 Å². The number of aromatic nitrogens is 1. The molecule has 5 saturated heterocycles. The van der Waals surface area contributed by atoms with Gasteiger partial charge >= 0.3 is 0 Å². The van der Waals surface area contributed by atoms with E-state index >= 15 is 0 Å². The van der Waals surface area contributed by atoms with E-state index in [2.05, 4.69) is 55.8 Å². The molecule has 1 aromatic heterocycles. The number of anilines is 2. The average molecular weight is 829 g/mol. The number of rotatable bonds is 11. The third-order valence-corrected chi connectivity index (χ3v) is 12.8. The van der Waals surface area contributed by atoms with Gasteiger partial charge in [0.05, 0.1) is 18.7 Å². The fraction of sp³-hybridized carbons (Fsp3) is 0.439. The van der Waals surface area contributed by atoms with Gasteiger partial charge in [-0.05, 0) is 127 Å². The molecule has 0 aliphatic carbocycles. The number of carbonyl (C=O) groups excluding carboxylic acids is 2. The van der Waals surface area contributed by atoms with Gasteiger partial charge in [-0.1, -0.05) is 18.2 Å². The number of pyridine rings is 1. The van der Waals surface area contributed by atoms with Crippen LogP contribution in [0.1, 0.15) is 55.7 Å². The number of likely N-dealkylation sites (tertiary alicyclic amines) is 1. The van der Waals surface area contributed by atoms with Crippen molar-refractivity contribution in [1.82, 2.24) is 20.1 Å². The van der Waals surface area contributed by atoms with Gasteiger partial charge in [0.15, 0.2) is 0 Å². The maximum Gasteiger partial charge on any atom is 0.253 e. The van der Waals surface area contributed by atoms with Crippen LogP contribution in [-0.2, 0) is 16.1 Å². The monoisotopic (exact) mass is 828 g/mol. The van der Waals surface area contributed by atoms with Crippen LogP contribution in [0, 0.1) is 15.4 Å². The number of hydrogen-bond donors (Lipinski definition) is 2. The second-order valence-electron chi connectivity index (χ2n) is 14.9. The van der Waals surface area contributed by atoms with Gasteiger partial charge in [-0.3, -0.25) is 29.1 Å². The van der Waals surface area contributed by atoms with E-state index in [1.807, 2.05) is 53.4 Å². The predicted octanol–water partition coefficient (Wildman–Crippen LogP) is 4.77. The Hall–Kier alpha value is -4.30. The lowest BCUT2D eigenvalue weighted by Gasteiger charge is -2.52. The number of nitrogens with one attached hydrogen (secondary N) is 2. The summed E-state index contributed by atoms with van der Waals surface area (Å²) in [6.07, 6.45) is 8.43. The summed E-state index contributed by atoms with van der Waals surface area (Å²) < 4.78 is 6.72. The van der Waals surface area contributed by atoms with E-state index in [-0.39, 0.29) is 35.3 Å². The molecule has 0 saturated carbocycles. The zero-order valence-corrected chi connectivity index (χ0v) is 32.1. The number of methoxy groups -OCH3 is 1. The molecule has 2 bridgehead atoms. The number of piperidine rings is 3. The van der Waals surface area contributed by atoms with E-state index in [1.54, 1.807) is 18.2 Å². The Labute approximate surface area is 322 Å². The highest BCUT2D eigenvalue weighted by molar-refractivity contribution is 14.1. The van der Waals surface area contributed by atoms with E-state index in [4.69, 9.17) is 4.74 Å². The van der Waals surface area contributed by atoms with Gasteiger partial charge < -0.3 is 25.2 Å². The van der Waals surface area contributed by atoms with Crippen LogP contribution < -0.4 is 31.1 Å². The zero-order valence-electron chi connectivity index (χ0n) is 29.9. The maximum absolute atomic E-state index is 14.3. The number of nitrogens with zero attached hydrogens (tertiary/aromatic N) is 4. The fourth-order valence-corrected chi connectivity index (χ4v) is 9.65. The van der Waals surface area contributed by atoms with Gasteiger partial charge in [0.25, 0.3) is 10.9 Å². The van der Waals surface area contributed by atoms with E-state index in [9.17, 15) is 19.2 Å². The van der Waals surface area contributed by atoms with Crippen molar-refractivity contribution in [3.8, 4) is 5.75 Å². The minimum atomic E-state index is -0.629. The minimum absolute atomic E-state index is 0.0541. The number of amides is 2. The molecular formula is C41H45IN6O5. The van der Waals surface area contributed by atoms with Crippen molar-refractivity contribution in [3.63, 3.8) is 0 Å². The van der Waals surface area contributed by atoms with Crippen LogP contribution in [0.5, 0.6) is 5.75 Å². The van der Waals surface area contributed by atoms with Gasteiger partial charge in [-0.2, -0.15) is 0 Å². The quantitative estimate of drug-likeness (QED) is 0.125. The normalized spacial score (nSPS) is 25.8. The first-order valence-corrected chi connectivity index (χ1v) is 19.8. The Morgan fingerprint density at radius 2 is 1.81 bits per heavy atom. The molecule has 9 rings (SSSR count). The molecular weight excluding hydrogens is 783 g/mol. The summed E-state index contributed by atoms with van der Waals surface area (Å²) >= 11 is 2.25. The molecule has 2 N–H and O–H groups in total. The first-order chi connectivity index (χ1) is 25.7. The zero-order chi connectivity index (χ0) is 36.8. The second kappa shape index (κ2) is 14.8. The van der Waals surface area contributed by atoms with Crippen molar-refractivity contribution < 1.29 is 14.3 Å². The molecule has 4 aromatic rings. The van der Waals surface area contributed by atoms with Crippen LogP contribution in [0.25, 0.3) is 10.9 Å². The SMILES string of the molecule is C=C[C@H]1CN2CC[C@H]1C[C@H]2[C@@H](Nc1c(N2CCC[C@H]2C(=O)N2CCC[C@H]2C(=O)NCc2ccc(I)cc2)c(=O)c1=O)c1ccnc2ccc(OC)cc12. The minimum Gasteiger partial charge on any atom is -0.497 e. The second-order valence-corrected chi connectivity index (χ2v) is 16.2. The molecule has 11 nitrogen and oxygen atoms in total. The topological polar surface area (TPSA) is 124 Å². The van der Waals surface area contributed by atoms with Crippen LogP contribution in [-0.4, -0.2) is 78.0 Å². The molecule has 53 heavy (non-hydrogen) atoms.